The van der Waals surface area contributed by atoms with E-state index in [0.717, 1.165) is 56.2 Å². The summed E-state index contributed by atoms with van der Waals surface area (Å²) in [4.78, 5) is 31.0. The zero-order valence-electron chi connectivity index (χ0n) is 18.9. The quantitative estimate of drug-likeness (QED) is 0.703. The molecule has 3 heterocycles. The van der Waals surface area contributed by atoms with Crippen molar-refractivity contribution in [2.24, 2.45) is 0 Å². The standard InChI is InChI=1S/C25H35N3O2S/c1-3-19-14-20-22(31-19)15-21-23(29)28(18-12-8-5-9-13-18)25(2,16-27(20)21)24(30)26-17-10-6-4-7-11-17/h14-15,17-18H,3-13,16H2,1-2H3,(H,26,30)/t25-/m0/s1. The van der Waals surface area contributed by atoms with Crippen LogP contribution < -0.4 is 5.32 Å². The van der Waals surface area contributed by atoms with E-state index in [0.29, 0.717) is 6.54 Å². The molecule has 6 heteroatoms. The van der Waals surface area contributed by atoms with E-state index in [4.69, 9.17) is 0 Å². The van der Waals surface area contributed by atoms with Crippen molar-refractivity contribution < 1.29 is 9.59 Å². The Labute approximate surface area is 189 Å². The van der Waals surface area contributed by atoms with Crippen LogP contribution in [0.1, 0.15) is 93.4 Å². The second-order valence-electron chi connectivity index (χ2n) is 9.98. The van der Waals surface area contributed by atoms with Crippen LogP contribution in [0.3, 0.4) is 0 Å². The molecule has 1 N–H and O–H groups in total. The number of thiophene rings is 1. The van der Waals surface area contributed by atoms with E-state index in [1.54, 1.807) is 11.3 Å². The van der Waals surface area contributed by atoms with E-state index in [2.05, 4.69) is 28.9 Å². The largest absolute Gasteiger partial charge is 0.351 e. The first kappa shape index (κ1) is 21.0. The summed E-state index contributed by atoms with van der Waals surface area (Å²) in [5.41, 5.74) is 1.03. The molecule has 2 aliphatic carbocycles. The average Bonchev–Trinajstić information content (AvgIpc) is 3.34. The Bertz CT molecular complexity index is 980. The highest BCUT2D eigenvalue weighted by Crippen LogP contribution is 2.39. The SMILES string of the molecule is CCc1cc2c(cc3n2C[C@@](C)(C(=O)NC2CCCCC2)N(C2CCCCC2)C3=O)s1. The number of carbonyl (C=O) groups excluding carboxylic acids is 2. The normalized spacial score (nSPS) is 25.7. The summed E-state index contributed by atoms with van der Waals surface area (Å²) in [6.45, 7) is 4.73. The highest BCUT2D eigenvalue weighted by atomic mass is 32.1. The molecule has 168 valence electrons. The predicted octanol–water partition coefficient (Wildman–Crippen LogP) is 5.26. The Kier molecular flexibility index (Phi) is 5.61. The maximum Gasteiger partial charge on any atom is 0.271 e. The van der Waals surface area contributed by atoms with Crippen LogP contribution in [-0.2, 0) is 17.8 Å². The molecular weight excluding hydrogens is 406 g/mol. The third-order valence-corrected chi connectivity index (χ3v) is 9.01. The summed E-state index contributed by atoms with van der Waals surface area (Å²) in [6.07, 6.45) is 12.3. The molecule has 1 aliphatic heterocycles. The molecule has 0 aromatic carbocycles. The highest BCUT2D eigenvalue weighted by Gasteiger charge is 2.50. The lowest BCUT2D eigenvalue weighted by atomic mass is 9.86. The molecular formula is C25H35N3O2S. The Morgan fingerprint density at radius 1 is 1.10 bits per heavy atom. The Balaban J connectivity index is 1.54. The molecule has 1 atom stereocenters. The van der Waals surface area contributed by atoms with Gasteiger partial charge in [-0.25, -0.2) is 0 Å². The third kappa shape index (κ3) is 3.61. The minimum Gasteiger partial charge on any atom is -0.351 e. The number of fused-ring (bicyclic) bond motifs is 3. The van der Waals surface area contributed by atoms with Gasteiger partial charge in [-0.1, -0.05) is 45.4 Å². The molecule has 5 rings (SSSR count). The van der Waals surface area contributed by atoms with Gasteiger partial charge in [0.15, 0.2) is 0 Å². The fraction of sp³-hybridized carbons (Fsp3) is 0.680. The van der Waals surface area contributed by atoms with E-state index in [1.165, 1.54) is 35.3 Å². The van der Waals surface area contributed by atoms with Crippen LogP contribution in [0.15, 0.2) is 12.1 Å². The number of carbonyl (C=O) groups is 2. The maximum atomic E-state index is 13.9. The molecule has 2 saturated carbocycles. The second-order valence-corrected chi connectivity index (χ2v) is 11.1. The van der Waals surface area contributed by atoms with Gasteiger partial charge >= 0.3 is 0 Å². The van der Waals surface area contributed by atoms with Gasteiger partial charge < -0.3 is 14.8 Å². The van der Waals surface area contributed by atoms with Crippen LogP contribution in [0.4, 0.5) is 0 Å². The Morgan fingerprint density at radius 3 is 2.45 bits per heavy atom. The van der Waals surface area contributed by atoms with Crippen LogP contribution in [0.2, 0.25) is 0 Å². The zero-order chi connectivity index (χ0) is 21.6. The fourth-order valence-corrected chi connectivity index (χ4v) is 7.06. The molecule has 2 aromatic heterocycles. The number of hydrogen-bond donors (Lipinski definition) is 1. The molecule has 0 spiro atoms. The molecule has 2 aromatic rings. The van der Waals surface area contributed by atoms with Gasteiger partial charge in [0, 0.05) is 17.0 Å². The van der Waals surface area contributed by atoms with Gasteiger partial charge in [-0.3, -0.25) is 9.59 Å². The van der Waals surface area contributed by atoms with Gasteiger partial charge in [0.2, 0.25) is 5.91 Å². The Morgan fingerprint density at radius 2 is 1.77 bits per heavy atom. The first-order chi connectivity index (χ1) is 15.0. The first-order valence-electron chi connectivity index (χ1n) is 12.3. The fourth-order valence-electron chi connectivity index (χ4n) is 6.02. The lowest BCUT2D eigenvalue weighted by molar-refractivity contribution is -0.135. The number of rotatable bonds is 4. The van der Waals surface area contributed by atoms with Crippen molar-refractivity contribution in [1.29, 1.82) is 0 Å². The summed E-state index contributed by atoms with van der Waals surface area (Å²) in [7, 11) is 0. The van der Waals surface area contributed by atoms with Gasteiger partial charge in [-0.2, -0.15) is 0 Å². The maximum absolute atomic E-state index is 13.9. The van der Waals surface area contributed by atoms with Crippen LogP contribution in [-0.4, -0.2) is 38.9 Å². The van der Waals surface area contributed by atoms with Crippen molar-refractivity contribution in [3.63, 3.8) is 0 Å². The van der Waals surface area contributed by atoms with E-state index in [-0.39, 0.29) is 23.9 Å². The van der Waals surface area contributed by atoms with Crippen molar-refractivity contribution in [2.75, 3.05) is 0 Å². The molecule has 0 saturated heterocycles. The number of amides is 2. The summed E-state index contributed by atoms with van der Waals surface area (Å²) in [5, 5.41) is 3.36. The molecule has 3 aliphatic rings. The lowest BCUT2D eigenvalue weighted by Gasteiger charge is -2.49. The molecule has 0 radical (unpaired) electrons. The number of nitrogens with one attached hydrogen (secondary N) is 1. The van der Waals surface area contributed by atoms with Crippen molar-refractivity contribution in [3.8, 4) is 0 Å². The van der Waals surface area contributed by atoms with Gasteiger partial charge in [0.25, 0.3) is 5.91 Å². The second kappa shape index (κ2) is 8.27. The minimum atomic E-state index is -0.843. The summed E-state index contributed by atoms with van der Waals surface area (Å²) < 4.78 is 3.30. The topological polar surface area (TPSA) is 54.3 Å². The van der Waals surface area contributed by atoms with Gasteiger partial charge in [-0.15, -0.1) is 11.3 Å². The number of hydrogen-bond acceptors (Lipinski definition) is 3. The van der Waals surface area contributed by atoms with E-state index >= 15 is 0 Å². The van der Waals surface area contributed by atoms with Crippen molar-refractivity contribution in [2.45, 2.75) is 109 Å². The van der Waals surface area contributed by atoms with E-state index < -0.39 is 5.54 Å². The van der Waals surface area contributed by atoms with Crippen LogP contribution in [0.25, 0.3) is 10.2 Å². The molecule has 0 unspecified atom stereocenters. The zero-order valence-corrected chi connectivity index (χ0v) is 19.7. The van der Waals surface area contributed by atoms with Crippen molar-refractivity contribution in [1.82, 2.24) is 14.8 Å². The smallest absolute Gasteiger partial charge is 0.271 e. The molecule has 0 bridgehead atoms. The van der Waals surface area contributed by atoms with Gasteiger partial charge in [-0.05, 0) is 51.2 Å². The van der Waals surface area contributed by atoms with Crippen LogP contribution >= 0.6 is 11.3 Å². The summed E-state index contributed by atoms with van der Waals surface area (Å²) in [6, 6.07) is 4.69. The van der Waals surface area contributed by atoms with Gasteiger partial charge in [0.1, 0.15) is 11.2 Å². The van der Waals surface area contributed by atoms with Crippen LogP contribution in [0.5, 0.6) is 0 Å². The monoisotopic (exact) mass is 441 g/mol. The summed E-state index contributed by atoms with van der Waals surface area (Å²) >= 11 is 1.77. The van der Waals surface area contributed by atoms with E-state index in [1.807, 2.05) is 11.8 Å². The van der Waals surface area contributed by atoms with Crippen molar-refractivity contribution >= 4 is 33.4 Å². The molecule has 31 heavy (non-hydrogen) atoms. The third-order valence-electron chi connectivity index (χ3n) is 7.79. The first-order valence-corrected chi connectivity index (χ1v) is 13.1. The Hall–Kier alpha value is -1.82. The van der Waals surface area contributed by atoms with Crippen molar-refractivity contribution in [3.05, 3.63) is 22.7 Å². The predicted molar refractivity (Wildman–Crippen MR) is 126 cm³/mol. The van der Waals surface area contributed by atoms with Crippen LogP contribution in [0, 0.1) is 0 Å². The molecule has 5 nitrogen and oxygen atoms in total. The molecule has 2 fully saturated rings. The summed E-state index contributed by atoms with van der Waals surface area (Å²) in [5.74, 6) is 0.0812. The number of aryl methyl sites for hydroxylation is 1. The van der Waals surface area contributed by atoms with E-state index in [9.17, 15) is 9.59 Å². The number of aromatic nitrogens is 1. The van der Waals surface area contributed by atoms with Gasteiger partial charge in [0.05, 0.1) is 16.8 Å². The highest BCUT2D eigenvalue weighted by molar-refractivity contribution is 7.19. The lowest BCUT2D eigenvalue weighted by Crippen LogP contribution is -2.67. The average molecular weight is 442 g/mol. The number of nitrogens with zero attached hydrogens (tertiary/aromatic N) is 2. The minimum absolute atomic E-state index is 0.0387. The molecule has 2 amide bonds.